The normalized spacial score (nSPS) is 19.9. The highest BCUT2D eigenvalue weighted by Gasteiger charge is 2.25. The van der Waals surface area contributed by atoms with Crippen LogP contribution in [0.1, 0.15) is 13.8 Å². The molecular formula is C7H16O4. The summed E-state index contributed by atoms with van der Waals surface area (Å²) in [4.78, 5) is 0. The van der Waals surface area contributed by atoms with E-state index in [0.717, 1.165) is 0 Å². The highest BCUT2D eigenvalue weighted by atomic mass is 16.4. The molecule has 3 unspecified atom stereocenters. The molecule has 4 heteroatoms. The average molecular weight is 164 g/mol. The highest BCUT2D eigenvalue weighted by molar-refractivity contribution is 4.76. The molecule has 0 rings (SSSR count). The summed E-state index contributed by atoms with van der Waals surface area (Å²) in [6.07, 6.45) is -3.51. The fraction of sp³-hybridized carbons (Fsp3) is 1.00. The van der Waals surface area contributed by atoms with Gasteiger partial charge in [-0.05, 0) is 5.92 Å². The molecule has 0 amide bonds. The predicted octanol–water partition coefficient (Wildman–Crippen LogP) is -1.28. The first kappa shape index (κ1) is 10.8. The second-order valence-corrected chi connectivity index (χ2v) is 2.98. The number of hydrogen-bond donors (Lipinski definition) is 4. The zero-order valence-electron chi connectivity index (χ0n) is 6.81. The van der Waals surface area contributed by atoms with Crippen LogP contribution in [0.3, 0.4) is 0 Å². The van der Waals surface area contributed by atoms with Gasteiger partial charge in [-0.15, -0.1) is 0 Å². The van der Waals surface area contributed by atoms with E-state index in [0.29, 0.717) is 0 Å². The Kier molecular flexibility index (Phi) is 4.60. The van der Waals surface area contributed by atoms with Crippen molar-refractivity contribution in [2.75, 3.05) is 6.61 Å². The average Bonchev–Trinajstić information content (AvgIpc) is 2.00. The van der Waals surface area contributed by atoms with Crippen LogP contribution in [0.4, 0.5) is 0 Å². The maximum absolute atomic E-state index is 9.18. The van der Waals surface area contributed by atoms with Crippen LogP contribution in [0.5, 0.6) is 0 Å². The summed E-state index contributed by atoms with van der Waals surface area (Å²) in [6, 6.07) is 0. The SMILES string of the molecule is CC(C)C(O)C(O)C(O)CO. The van der Waals surface area contributed by atoms with E-state index in [9.17, 15) is 5.11 Å². The Morgan fingerprint density at radius 1 is 1.00 bits per heavy atom. The minimum atomic E-state index is -1.26. The quantitative estimate of drug-likeness (QED) is 0.417. The van der Waals surface area contributed by atoms with Gasteiger partial charge < -0.3 is 20.4 Å². The summed E-state index contributed by atoms with van der Waals surface area (Å²) in [5.74, 6) is -0.133. The maximum Gasteiger partial charge on any atom is 0.108 e. The second-order valence-electron chi connectivity index (χ2n) is 2.98. The number of rotatable bonds is 4. The van der Waals surface area contributed by atoms with Crippen LogP contribution in [-0.4, -0.2) is 45.3 Å². The molecule has 0 heterocycles. The lowest BCUT2D eigenvalue weighted by Crippen LogP contribution is -2.42. The van der Waals surface area contributed by atoms with Crippen LogP contribution in [0.25, 0.3) is 0 Å². The lowest BCUT2D eigenvalue weighted by molar-refractivity contribution is -0.0899. The molecule has 0 aromatic carbocycles. The highest BCUT2D eigenvalue weighted by Crippen LogP contribution is 2.08. The van der Waals surface area contributed by atoms with Gasteiger partial charge >= 0.3 is 0 Å². The third-order valence-electron chi connectivity index (χ3n) is 1.61. The first-order valence-electron chi connectivity index (χ1n) is 3.65. The Labute approximate surface area is 66.1 Å². The van der Waals surface area contributed by atoms with Crippen LogP contribution in [0.15, 0.2) is 0 Å². The van der Waals surface area contributed by atoms with E-state index < -0.39 is 24.9 Å². The van der Waals surface area contributed by atoms with Gasteiger partial charge in [-0.1, -0.05) is 13.8 Å². The Balaban J connectivity index is 3.90. The summed E-state index contributed by atoms with van der Waals surface area (Å²) < 4.78 is 0. The van der Waals surface area contributed by atoms with Gasteiger partial charge in [-0.25, -0.2) is 0 Å². The molecule has 0 aliphatic heterocycles. The molecule has 11 heavy (non-hydrogen) atoms. The van der Waals surface area contributed by atoms with Gasteiger partial charge in [0, 0.05) is 0 Å². The van der Waals surface area contributed by atoms with Gasteiger partial charge in [0.1, 0.15) is 12.2 Å². The minimum Gasteiger partial charge on any atom is -0.394 e. The van der Waals surface area contributed by atoms with Crippen LogP contribution in [0, 0.1) is 5.92 Å². The largest absolute Gasteiger partial charge is 0.394 e. The Hall–Kier alpha value is -0.160. The molecule has 0 aliphatic rings. The van der Waals surface area contributed by atoms with E-state index in [1.165, 1.54) is 0 Å². The van der Waals surface area contributed by atoms with Crippen molar-refractivity contribution < 1.29 is 20.4 Å². The summed E-state index contributed by atoms with van der Waals surface area (Å²) in [7, 11) is 0. The fourth-order valence-corrected chi connectivity index (χ4v) is 0.730. The topological polar surface area (TPSA) is 80.9 Å². The molecule has 0 saturated heterocycles. The number of aliphatic hydroxyl groups is 4. The van der Waals surface area contributed by atoms with Crippen LogP contribution in [0.2, 0.25) is 0 Å². The molecule has 4 N–H and O–H groups in total. The van der Waals surface area contributed by atoms with Crippen molar-refractivity contribution in [3.63, 3.8) is 0 Å². The van der Waals surface area contributed by atoms with Crippen LogP contribution < -0.4 is 0 Å². The first-order chi connectivity index (χ1) is 5.00. The predicted molar refractivity (Wildman–Crippen MR) is 39.9 cm³/mol. The zero-order chi connectivity index (χ0) is 9.02. The molecule has 0 bridgehead atoms. The molecule has 0 fully saturated rings. The number of hydrogen-bond acceptors (Lipinski definition) is 4. The molecule has 4 nitrogen and oxygen atoms in total. The molecule has 0 aromatic rings. The third kappa shape index (κ3) is 3.16. The standard InChI is InChI=1S/C7H16O4/c1-4(2)6(10)7(11)5(9)3-8/h4-11H,3H2,1-2H3. The molecular weight excluding hydrogens is 148 g/mol. The number of aliphatic hydroxyl groups excluding tert-OH is 4. The van der Waals surface area contributed by atoms with Gasteiger partial charge in [0.15, 0.2) is 0 Å². The Morgan fingerprint density at radius 2 is 1.45 bits per heavy atom. The molecule has 68 valence electrons. The zero-order valence-corrected chi connectivity index (χ0v) is 6.81. The molecule has 0 spiro atoms. The van der Waals surface area contributed by atoms with E-state index in [1.54, 1.807) is 13.8 Å². The van der Waals surface area contributed by atoms with E-state index in [-0.39, 0.29) is 5.92 Å². The Morgan fingerprint density at radius 3 is 1.73 bits per heavy atom. The fourth-order valence-electron chi connectivity index (χ4n) is 0.730. The lowest BCUT2D eigenvalue weighted by Gasteiger charge is -2.23. The van der Waals surface area contributed by atoms with E-state index in [2.05, 4.69) is 0 Å². The monoisotopic (exact) mass is 164 g/mol. The molecule has 0 aromatic heterocycles. The third-order valence-corrected chi connectivity index (χ3v) is 1.61. The van der Waals surface area contributed by atoms with Crippen LogP contribution >= 0.6 is 0 Å². The minimum absolute atomic E-state index is 0.133. The second kappa shape index (κ2) is 4.66. The van der Waals surface area contributed by atoms with Crippen molar-refractivity contribution in [2.45, 2.75) is 32.2 Å². The van der Waals surface area contributed by atoms with Gasteiger partial charge in [0.25, 0.3) is 0 Å². The van der Waals surface area contributed by atoms with E-state index in [4.69, 9.17) is 15.3 Å². The van der Waals surface area contributed by atoms with Crippen molar-refractivity contribution in [1.82, 2.24) is 0 Å². The van der Waals surface area contributed by atoms with Gasteiger partial charge in [0.05, 0.1) is 12.7 Å². The summed E-state index contributed by atoms with van der Waals surface area (Å²) in [5, 5.41) is 35.6. The summed E-state index contributed by atoms with van der Waals surface area (Å²) in [6.45, 7) is 2.90. The van der Waals surface area contributed by atoms with Crippen molar-refractivity contribution in [3.8, 4) is 0 Å². The lowest BCUT2D eigenvalue weighted by atomic mass is 9.98. The Bertz CT molecular complexity index is 105. The van der Waals surface area contributed by atoms with Gasteiger partial charge in [-0.2, -0.15) is 0 Å². The smallest absolute Gasteiger partial charge is 0.108 e. The van der Waals surface area contributed by atoms with Gasteiger partial charge in [-0.3, -0.25) is 0 Å². The van der Waals surface area contributed by atoms with Crippen molar-refractivity contribution in [1.29, 1.82) is 0 Å². The molecule has 0 radical (unpaired) electrons. The maximum atomic E-state index is 9.18. The summed E-state index contributed by atoms with van der Waals surface area (Å²) >= 11 is 0. The van der Waals surface area contributed by atoms with Crippen LogP contribution in [-0.2, 0) is 0 Å². The summed E-state index contributed by atoms with van der Waals surface area (Å²) in [5.41, 5.74) is 0. The molecule has 0 saturated carbocycles. The van der Waals surface area contributed by atoms with Gasteiger partial charge in [0.2, 0.25) is 0 Å². The van der Waals surface area contributed by atoms with E-state index in [1.807, 2.05) is 0 Å². The molecule has 3 atom stereocenters. The van der Waals surface area contributed by atoms with E-state index >= 15 is 0 Å². The van der Waals surface area contributed by atoms with Crippen molar-refractivity contribution in [3.05, 3.63) is 0 Å². The van der Waals surface area contributed by atoms with Crippen molar-refractivity contribution >= 4 is 0 Å². The van der Waals surface area contributed by atoms with Crippen molar-refractivity contribution in [2.24, 2.45) is 5.92 Å². The molecule has 0 aliphatic carbocycles. The first-order valence-corrected chi connectivity index (χ1v) is 3.65.